The largest absolute Gasteiger partial charge is 0.465 e. The Labute approximate surface area is 213 Å². The molecule has 1 saturated heterocycles. The average molecular weight is 479 g/mol. The standard InChI is InChI=1S/C32H34N2O2/c1-36-32(35)30-21-26(25-8-9-25)10-11-27(30)19-24-7-14-31-28(20-24)15-18-34(31)22-23-5-12-29(13-6-23)33-16-3-2-4-17-33/h5-7,10-15,18,20-21,25H,2-4,8-9,16-17,19,22H2,1H3. The Hall–Kier alpha value is -3.53. The number of piperidine rings is 1. The number of fused-ring (bicyclic) bond motifs is 1. The van der Waals surface area contributed by atoms with Crippen molar-refractivity contribution in [1.82, 2.24) is 4.57 Å². The zero-order valence-electron chi connectivity index (χ0n) is 21.1. The summed E-state index contributed by atoms with van der Waals surface area (Å²) in [5, 5.41) is 1.23. The molecule has 0 unspecified atom stereocenters. The number of hydrogen-bond donors (Lipinski definition) is 0. The van der Waals surface area contributed by atoms with E-state index in [1.165, 1.54) is 85.6 Å². The van der Waals surface area contributed by atoms with E-state index in [1.807, 2.05) is 6.07 Å². The molecule has 0 amide bonds. The Kier molecular flexibility index (Phi) is 6.27. The van der Waals surface area contributed by atoms with Crippen molar-refractivity contribution in [2.45, 2.75) is 51.0 Å². The van der Waals surface area contributed by atoms with Gasteiger partial charge in [-0.15, -0.1) is 0 Å². The maximum Gasteiger partial charge on any atom is 0.338 e. The smallest absolute Gasteiger partial charge is 0.338 e. The Bertz CT molecular complexity index is 1380. The Balaban J connectivity index is 1.19. The van der Waals surface area contributed by atoms with Crippen molar-refractivity contribution < 1.29 is 9.53 Å². The van der Waals surface area contributed by atoms with Gasteiger partial charge in [0.05, 0.1) is 12.7 Å². The van der Waals surface area contributed by atoms with Crippen LogP contribution in [0.2, 0.25) is 0 Å². The number of benzene rings is 3. The predicted molar refractivity (Wildman–Crippen MR) is 146 cm³/mol. The highest BCUT2D eigenvalue weighted by Crippen LogP contribution is 2.40. The van der Waals surface area contributed by atoms with E-state index in [9.17, 15) is 4.79 Å². The maximum absolute atomic E-state index is 12.5. The Morgan fingerprint density at radius 1 is 0.889 bits per heavy atom. The highest BCUT2D eigenvalue weighted by Gasteiger charge is 2.25. The molecule has 2 aliphatic rings. The Morgan fingerprint density at radius 2 is 1.67 bits per heavy atom. The van der Waals surface area contributed by atoms with Crippen molar-refractivity contribution in [2.24, 2.45) is 0 Å². The molecule has 1 aromatic heterocycles. The zero-order valence-corrected chi connectivity index (χ0v) is 21.1. The minimum absolute atomic E-state index is 0.244. The van der Waals surface area contributed by atoms with Crippen LogP contribution in [0.15, 0.2) is 72.9 Å². The summed E-state index contributed by atoms with van der Waals surface area (Å²) in [6.07, 6.45) is 9.29. The summed E-state index contributed by atoms with van der Waals surface area (Å²) >= 11 is 0. The molecule has 0 spiro atoms. The molecule has 0 N–H and O–H groups in total. The summed E-state index contributed by atoms with van der Waals surface area (Å²) in [6.45, 7) is 3.21. The molecule has 2 heterocycles. The van der Waals surface area contributed by atoms with Crippen molar-refractivity contribution in [3.8, 4) is 0 Å². The van der Waals surface area contributed by atoms with Gasteiger partial charge in [0.2, 0.25) is 0 Å². The van der Waals surface area contributed by atoms with E-state index in [1.54, 1.807) is 0 Å². The number of aromatic nitrogens is 1. The second-order valence-corrected chi connectivity index (χ2v) is 10.4. The number of carbonyl (C=O) groups excluding carboxylic acids is 1. The highest BCUT2D eigenvalue weighted by atomic mass is 16.5. The van der Waals surface area contributed by atoms with Gasteiger partial charge in [-0.25, -0.2) is 4.79 Å². The molecule has 2 fully saturated rings. The molecule has 4 aromatic rings. The first-order chi connectivity index (χ1) is 17.7. The molecule has 184 valence electrons. The number of nitrogens with zero attached hydrogens (tertiary/aromatic N) is 2. The first kappa shape index (κ1) is 22.9. The van der Waals surface area contributed by atoms with Gasteiger partial charge in [0.1, 0.15) is 0 Å². The molecule has 1 aliphatic heterocycles. The van der Waals surface area contributed by atoms with Gasteiger partial charge in [-0.1, -0.05) is 30.3 Å². The number of hydrogen-bond acceptors (Lipinski definition) is 3. The van der Waals surface area contributed by atoms with Gasteiger partial charge < -0.3 is 14.2 Å². The van der Waals surface area contributed by atoms with Crippen molar-refractivity contribution in [3.63, 3.8) is 0 Å². The van der Waals surface area contributed by atoms with Crippen LogP contribution in [0.25, 0.3) is 10.9 Å². The number of rotatable bonds is 7. The number of carbonyl (C=O) groups is 1. The molecule has 0 radical (unpaired) electrons. The van der Waals surface area contributed by atoms with Gasteiger partial charge in [-0.2, -0.15) is 0 Å². The fourth-order valence-electron chi connectivity index (χ4n) is 5.60. The minimum Gasteiger partial charge on any atom is -0.465 e. The van der Waals surface area contributed by atoms with Crippen molar-refractivity contribution >= 4 is 22.6 Å². The van der Waals surface area contributed by atoms with Gasteiger partial charge >= 0.3 is 5.97 Å². The molecule has 0 atom stereocenters. The molecule has 0 bridgehead atoms. The van der Waals surface area contributed by atoms with Crippen LogP contribution in [-0.2, 0) is 17.7 Å². The van der Waals surface area contributed by atoms with Gasteiger partial charge in [-0.3, -0.25) is 0 Å². The fraction of sp³-hybridized carbons (Fsp3) is 0.344. The normalized spacial score (nSPS) is 15.9. The number of ether oxygens (including phenoxy) is 1. The summed E-state index contributed by atoms with van der Waals surface area (Å²) < 4.78 is 7.42. The summed E-state index contributed by atoms with van der Waals surface area (Å²) in [7, 11) is 1.46. The lowest BCUT2D eigenvalue weighted by Gasteiger charge is -2.28. The fourth-order valence-corrected chi connectivity index (χ4v) is 5.60. The van der Waals surface area contributed by atoms with Crippen molar-refractivity contribution in [3.05, 3.63) is 101 Å². The molecule has 4 heteroatoms. The van der Waals surface area contributed by atoms with E-state index in [4.69, 9.17) is 4.74 Å². The van der Waals surface area contributed by atoms with E-state index < -0.39 is 0 Å². The van der Waals surface area contributed by atoms with Crippen LogP contribution in [0, 0.1) is 0 Å². The summed E-state index contributed by atoms with van der Waals surface area (Å²) in [6, 6.07) is 24.3. The zero-order chi connectivity index (χ0) is 24.5. The van der Waals surface area contributed by atoms with Crippen LogP contribution >= 0.6 is 0 Å². The van der Waals surface area contributed by atoms with Crippen LogP contribution in [0.3, 0.4) is 0 Å². The van der Waals surface area contributed by atoms with Gasteiger partial charge in [0.25, 0.3) is 0 Å². The first-order valence-electron chi connectivity index (χ1n) is 13.3. The van der Waals surface area contributed by atoms with Crippen molar-refractivity contribution in [2.75, 3.05) is 25.1 Å². The summed E-state index contributed by atoms with van der Waals surface area (Å²) in [5.41, 5.74) is 8.08. The average Bonchev–Trinajstić information content (AvgIpc) is 3.71. The lowest BCUT2D eigenvalue weighted by atomic mass is 9.96. The van der Waals surface area contributed by atoms with Crippen LogP contribution in [-0.4, -0.2) is 30.7 Å². The second kappa shape index (κ2) is 9.85. The van der Waals surface area contributed by atoms with E-state index in [0.717, 1.165) is 12.1 Å². The monoisotopic (exact) mass is 478 g/mol. The third-order valence-corrected chi connectivity index (χ3v) is 7.83. The van der Waals surface area contributed by atoms with E-state index in [-0.39, 0.29) is 5.97 Å². The molecule has 1 aliphatic carbocycles. The van der Waals surface area contributed by atoms with Crippen LogP contribution in [0.4, 0.5) is 5.69 Å². The van der Waals surface area contributed by atoms with Crippen LogP contribution in [0.1, 0.15) is 70.6 Å². The second-order valence-electron chi connectivity index (χ2n) is 10.4. The molecule has 4 nitrogen and oxygen atoms in total. The summed E-state index contributed by atoms with van der Waals surface area (Å²) in [4.78, 5) is 15.0. The molecular weight excluding hydrogens is 444 g/mol. The van der Waals surface area contributed by atoms with Crippen LogP contribution < -0.4 is 4.90 Å². The highest BCUT2D eigenvalue weighted by molar-refractivity contribution is 5.91. The predicted octanol–water partition coefficient (Wildman–Crippen LogP) is 6.93. The van der Waals surface area contributed by atoms with Gasteiger partial charge in [0, 0.05) is 37.0 Å². The maximum atomic E-state index is 12.5. The third kappa shape index (κ3) is 4.77. The summed E-state index contributed by atoms with van der Waals surface area (Å²) in [5.74, 6) is 0.366. The van der Waals surface area contributed by atoms with Gasteiger partial charge in [-0.05, 0) is 108 Å². The van der Waals surface area contributed by atoms with E-state index in [0.29, 0.717) is 17.9 Å². The van der Waals surface area contributed by atoms with Crippen LogP contribution in [0.5, 0.6) is 0 Å². The first-order valence-corrected chi connectivity index (χ1v) is 13.3. The molecular formula is C32H34N2O2. The van der Waals surface area contributed by atoms with E-state index in [2.05, 4.69) is 76.3 Å². The molecule has 6 rings (SSSR count). The van der Waals surface area contributed by atoms with Gasteiger partial charge in [0.15, 0.2) is 0 Å². The number of methoxy groups -OCH3 is 1. The minimum atomic E-state index is -0.244. The molecule has 3 aromatic carbocycles. The Morgan fingerprint density at radius 3 is 2.42 bits per heavy atom. The topological polar surface area (TPSA) is 34.5 Å². The lowest BCUT2D eigenvalue weighted by molar-refractivity contribution is 0.0599. The van der Waals surface area contributed by atoms with Crippen molar-refractivity contribution in [1.29, 1.82) is 0 Å². The SMILES string of the molecule is COC(=O)c1cc(C2CC2)ccc1Cc1ccc2c(ccn2Cc2ccc(N3CCCCC3)cc2)c1. The molecule has 36 heavy (non-hydrogen) atoms. The number of anilines is 1. The quantitative estimate of drug-likeness (QED) is 0.270. The lowest BCUT2D eigenvalue weighted by Crippen LogP contribution is -2.29. The number of esters is 1. The molecule has 1 saturated carbocycles. The third-order valence-electron chi connectivity index (χ3n) is 7.83. The van der Waals surface area contributed by atoms with E-state index >= 15 is 0 Å².